The number of unbranched alkanes of at least 4 members (excludes halogenated alkanes) is 3. The number of carbonyl (C=O) groups is 3. The Morgan fingerprint density at radius 2 is 1.92 bits per heavy atom. The van der Waals surface area contributed by atoms with E-state index < -0.39 is 11.9 Å². The van der Waals surface area contributed by atoms with Gasteiger partial charge in [-0.15, -0.1) is 0 Å². The summed E-state index contributed by atoms with van der Waals surface area (Å²) >= 11 is 0. The molecule has 0 bridgehead atoms. The van der Waals surface area contributed by atoms with Gasteiger partial charge in [0, 0.05) is 49.5 Å². The van der Waals surface area contributed by atoms with Crippen molar-refractivity contribution in [2.24, 2.45) is 5.92 Å². The fourth-order valence-electron chi connectivity index (χ4n) is 5.54. The third-order valence-corrected chi connectivity index (χ3v) is 7.69. The summed E-state index contributed by atoms with van der Waals surface area (Å²) in [5, 5.41) is 15.0. The Balaban J connectivity index is 1.07. The van der Waals surface area contributed by atoms with Crippen molar-refractivity contribution in [2.45, 2.75) is 57.0 Å². The average Bonchev–Trinajstić information content (AvgIpc) is 3.55. The van der Waals surface area contributed by atoms with Crippen LogP contribution >= 0.6 is 0 Å². The molecule has 200 valence electrons. The summed E-state index contributed by atoms with van der Waals surface area (Å²) < 4.78 is 5.96. The van der Waals surface area contributed by atoms with E-state index in [1.807, 2.05) is 24.3 Å². The summed E-state index contributed by atoms with van der Waals surface area (Å²) in [6, 6.07) is 15.4. The minimum Gasteiger partial charge on any atom is -0.494 e. The molecule has 2 saturated heterocycles. The number of ether oxygens (including phenoxy) is 1. The van der Waals surface area contributed by atoms with Gasteiger partial charge in [-0.25, -0.2) is 0 Å². The van der Waals surface area contributed by atoms with Crippen LogP contribution < -0.4 is 15.4 Å². The van der Waals surface area contributed by atoms with E-state index in [4.69, 9.17) is 4.74 Å². The Hall–Kier alpha value is -4.14. The molecule has 2 N–H and O–H groups in total. The molecule has 3 aliphatic heterocycles. The highest BCUT2D eigenvalue weighted by molar-refractivity contribution is 6.05. The van der Waals surface area contributed by atoms with Crippen LogP contribution in [0.5, 0.6) is 5.75 Å². The summed E-state index contributed by atoms with van der Waals surface area (Å²) in [6.07, 6.45) is 4.19. The van der Waals surface area contributed by atoms with Gasteiger partial charge in [0.05, 0.1) is 18.6 Å². The monoisotopic (exact) mass is 524 g/mol. The molecule has 1 unspecified atom stereocenters. The first-order chi connectivity index (χ1) is 19.0. The lowest BCUT2D eigenvalue weighted by Crippen LogP contribution is -2.52. The molecule has 3 amide bonds. The number of nitrogens with one attached hydrogen (secondary N) is 2. The van der Waals surface area contributed by atoms with Gasteiger partial charge in [-0.05, 0) is 61.1 Å². The number of amides is 3. The SMILES string of the molecule is N#C[C@@H]1CNC[C@H]1c1cccc(OCCCCCC#Cc2cccc3c2CN(C2CCC(=O)NC2=O)C3=O)c1. The van der Waals surface area contributed by atoms with Crippen LogP contribution in [0.2, 0.25) is 0 Å². The van der Waals surface area contributed by atoms with Gasteiger partial charge in [-0.3, -0.25) is 19.7 Å². The Kier molecular flexibility index (Phi) is 8.24. The molecule has 2 fully saturated rings. The van der Waals surface area contributed by atoms with Crippen molar-refractivity contribution in [3.8, 4) is 23.7 Å². The summed E-state index contributed by atoms with van der Waals surface area (Å²) in [4.78, 5) is 38.3. The van der Waals surface area contributed by atoms with Crippen LogP contribution in [0, 0.1) is 29.1 Å². The highest BCUT2D eigenvalue weighted by Gasteiger charge is 2.39. The number of hydrogen-bond acceptors (Lipinski definition) is 6. The maximum absolute atomic E-state index is 13.0. The van der Waals surface area contributed by atoms with Crippen LogP contribution in [-0.2, 0) is 16.1 Å². The maximum atomic E-state index is 13.0. The number of carbonyl (C=O) groups excluding carboxylic acids is 3. The van der Waals surface area contributed by atoms with Gasteiger partial charge in [0.15, 0.2) is 0 Å². The second-order valence-electron chi connectivity index (χ2n) is 10.3. The van der Waals surface area contributed by atoms with Crippen LogP contribution in [0.1, 0.15) is 71.5 Å². The maximum Gasteiger partial charge on any atom is 0.255 e. The van der Waals surface area contributed by atoms with E-state index in [9.17, 15) is 19.6 Å². The lowest BCUT2D eigenvalue weighted by Gasteiger charge is -2.29. The molecule has 8 nitrogen and oxygen atoms in total. The molecule has 3 aliphatic rings. The standard InChI is InChI=1S/C31H32N4O4/c32-17-23-18-33-19-26(23)22-10-6-11-24(16-22)39-15-5-3-1-2-4-8-21-9-7-12-25-27(21)20-35(31(25)38)28-13-14-29(36)34-30(28)37/h6-7,9-12,16,23,26,28,33H,1-3,5,13-15,18-20H2,(H,34,36,37)/t23-,26+,28?/m1/s1. The Labute approximate surface area is 228 Å². The van der Waals surface area contributed by atoms with Gasteiger partial charge in [-0.1, -0.05) is 30.0 Å². The topological polar surface area (TPSA) is 112 Å². The number of nitrogens with zero attached hydrogens (tertiary/aromatic N) is 2. The molecule has 0 radical (unpaired) electrons. The second-order valence-corrected chi connectivity index (χ2v) is 10.3. The summed E-state index contributed by atoms with van der Waals surface area (Å²) in [5.41, 5.74) is 3.40. The normalized spacial score (nSPS) is 22.1. The highest BCUT2D eigenvalue weighted by Crippen LogP contribution is 2.31. The van der Waals surface area contributed by atoms with Crippen LogP contribution in [-0.4, -0.2) is 48.4 Å². The fourth-order valence-corrected chi connectivity index (χ4v) is 5.54. The molecular formula is C31H32N4O4. The molecule has 39 heavy (non-hydrogen) atoms. The van der Waals surface area contributed by atoms with Gasteiger partial charge in [0.25, 0.3) is 5.91 Å². The van der Waals surface area contributed by atoms with Crippen molar-refractivity contribution in [3.05, 3.63) is 64.7 Å². The largest absolute Gasteiger partial charge is 0.494 e. The predicted octanol–water partition coefficient (Wildman–Crippen LogP) is 3.27. The number of piperidine rings is 1. The third kappa shape index (κ3) is 5.97. The van der Waals surface area contributed by atoms with E-state index >= 15 is 0 Å². The van der Waals surface area contributed by atoms with Crippen molar-refractivity contribution < 1.29 is 19.1 Å². The van der Waals surface area contributed by atoms with Crippen LogP contribution in [0.4, 0.5) is 0 Å². The van der Waals surface area contributed by atoms with Gasteiger partial charge in [0.1, 0.15) is 11.8 Å². The number of benzene rings is 2. The molecule has 0 aromatic heterocycles. The van der Waals surface area contributed by atoms with Crippen LogP contribution in [0.25, 0.3) is 0 Å². The van der Waals surface area contributed by atoms with Crippen molar-refractivity contribution in [1.82, 2.24) is 15.5 Å². The third-order valence-electron chi connectivity index (χ3n) is 7.69. The molecule has 3 atom stereocenters. The van der Waals surface area contributed by atoms with Crippen molar-refractivity contribution in [2.75, 3.05) is 19.7 Å². The Bertz CT molecular complexity index is 1370. The minimum atomic E-state index is -0.623. The fraction of sp³-hybridized carbons (Fsp3) is 0.419. The quantitative estimate of drug-likeness (QED) is 0.312. The molecule has 2 aromatic carbocycles. The zero-order valence-corrected chi connectivity index (χ0v) is 21.9. The van der Waals surface area contributed by atoms with Crippen molar-refractivity contribution >= 4 is 17.7 Å². The van der Waals surface area contributed by atoms with E-state index in [1.54, 1.807) is 11.0 Å². The summed E-state index contributed by atoms with van der Waals surface area (Å²) in [7, 11) is 0. The Morgan fingerprint density at radius 3 is 2.77 bits per heavy atom. The van der Waals surface area contributed by atoms with E-state index in [-0.39, 0.29) is 30.1 Å². The number of hydrogen-bond donors (Lipinski definition) is 2. The molecule has 5 rings (SSSR count). The molecule has 8 heteroatoms. The molecule has 0 aliphatic carbocycles. The zero-order valence-electron chi connectivity index (χ0n) is 21.9. The second kappa shape index (κ2) is 12.1. The predicted molar refractivity (Wildman–Crippen MR) is 144 cm³/mol. The zero-order chi connectivity index (χ0) is 27.2. The van der Waals surface area contributed by atoms with Crippen LogP contribution in [0.15, 0.2) is 42.5 Å². The van der Waals surface area contributed by atoms with Gasteiger partial charge >= 0.3 is 0 Å². The summed E-state index contributed by atoms with van der Waals surface area (Å²) in [5.74, 6) is 6.63. The lowest BCUT2D eigenvalue weighted by atomic mass is 9.90. The molecule has 3 heterocycles. The van der Waals surface area contributed by atoms with E-state index in [1.165, 1.54) is 0 Å². The first-order valence-corrected chi connectivity index (χ1v) is 13.6. The van der Waals surface area contributed by atoms with Gasteiger partial charge < -0.3 is 15.0 Å². The minimum absolute atomic E-state index is 0.00284. The summed E-state index contributed by atoms with van der Waals surface area (Å²) in [6.45, 7) is 2.52. The number of imide groups is 1. The first kappa shape index (κ1) is 26.5. The average molecular weight is 525 g/mol. The molecule has 2 aromatic rings. The lowest BCUT2D eigenvalue weighted by molar-refractivity contribution is -0.136. The number of fused-ring (bicyclic) bond motifs is 1. The van der Waals surface area contributed by atoms with Crippen molar-refractivity contribution in [1.29, 1.82) is 5.26 Å². The Morgan fingerprint density at radius 1 is 1.05 bits per heavy atom. The van der Waals surface area contributed by atoms with E-state index in [0.717, 1.165) is 61.2 Å². The highest BCUT2D eigenvalue weighted by atomic mass is 16.5. The smallest absolute Gasteiger partial charge is 0.255 e. The molecular weight excluding hydrogens is 492 g/mol. The van der Waals surface area contributed by atoms with Crippen LogP contribution in [0.3, 0.4) is 0 Å². The molecule has 0 saturated carbocycles. The number of nitriles is 1. The first-order valence-electron chi connectivity index (χ1n) is 13.6. The van der Waals surface area contributed by atoms with Gasteiger partial charge in [0.2, 0.25) is 11.8 Å². The van der Waals surface area contributed by atoms with E-state index in [0.29, 0.717) is 25.1 Å². The van der Waals surface area contributed by atoms with Crippen molar-refractivity contribution in [3.63, 3.8) is 0 Å². The molecule has 0 spiro atoms. The number of rotatable bonds is 8. The van der Waals surface area contributed by atoms with E-state index in [2.05, 4.69) is 40.7 Å². The van der Waals surface area contributed by atoms with Gasteiger partial charge in [-0.2, -0.15) is 5.26 Å².